The van der Waals surface area contributed by atoms with Crippen LogP contribution in [0.3, 0.4) is 0 Å². The van der Waals surface area contributed by atoms with Gasteiger partial charge in [-0.3, -0.25) is 4.79 Å². The fourth-order valence-corrected chi connectivity index (χ4v) is 4.63. The number of aryl methyl sites for hydroxylation is 2. The normalized spacial score (nSPS) is 24.9. The molecule has 1 aliphatic rings. The minimum atomic E-state index is -0.774. The van der Waals surface area contributed by atoms with Crippen LogP contribution in [-0.4, -0.2) is 41.3 Å². The zero-order chi connectivity index (χ0) is 22.8. The Labute approximate surface area is 196 Å². The number of allylic oxidation sites excluding steroid dienone is 3. The predicted octanol–water partition coefficient (Wildman–Crippen LogP) is 5.01. The van der Waals surface area contributed by atoms with E-state index >= 15 is 0 Å². The van der Waals surface area contributed by atoms with Gasteiger partial charge in [-0.15, -0.1) is 0 Å². The molecule has 1 fully saturated rings. The summed E-state index contributed by atoms with van der Waals surface area (Å²) in [6.45, 7) is 2.06. The van der Waals surface area contributed by atoms with Crippen molar-refractivity contribution in [1.29, 1.82) is 0 Å². The summed E-state index contributed by atoms with van der Waals surface area (Å²) in [5.74, 6) is -0.363. The van der Waals surface area contributed by atoms with Crippen molar-refractivity contribution in [2.24, 2.45) is 17.8 Å². The second kappa shape index (κ2) is 13.2. The topological polar surface area (TPSA) is 77.8 Å². The Hall–Kier alpha value is -1.37. The Morgan fingerprint density at radius 3 is 2.81 bits per heavy atom. The van der Waals surface area contributed by atoms with Crippen molar-refractivity contribution in [1.82, 2.24) is 0 Å². The van der Waals surface area contributed by atoms with Crippen LogP contribution >= 0.6 is 15.9 Å². The summed E-state index contributed by atoms with van der Waals surface area (Å²) in [6.07, 6.45) is 11.9. The summed E-state index contributed by atoms with van der Waals surface area (Å²) in [5.41, 5.74) is 2.39. The van der Waals surface area contributed by atoms with E-state index in [-0.39, 0.29) is 24.2 Å². The molecule has 168 valence electrons. The van der Waals surface area contributed by atoms with Crippen molar-refractivity contribution in [2.45, 2.75) is 70.4 Å². The van der Waals surface area contributed by atoms with Gasteiger partial charge in [0.25, 0.3) is 0 Å². The number of carboxylic acid groups (broad SMARTS) is 1. The standard InChI is InChI=1S/C25H34BBrO4/c1-17-14-18(9-13-23(17)27)8-10-20(28)11-12-21-19(16-26)15-24(29)22(21)6-4-2-3-5-7-25(30)31/h2,4,9,11-14,19-22,24,28-29H,3,5-8,10,15-16H2,1H3,(H,30,31)/t19-,20-,21-,22+,24?/m0/s1. The summed E-state index contributed by atoms with van der Waals surface area (Å²) in [4.78, 5) is 10.6. The van der Waals surface area contributed by atoms with Crippen molar-refractivity contribution in [3.63, 3.8) is 0 Å². The second-order valence-corrected chi connectivity index (χ2v) is 9.46. The van der Waals surface area contributed by atoms with Gasteiger partial charge in [0, 0.05) is 10.9 Å². The first kappa shape index (κ1) is 25.9. The molecule has 1 aromatic rings. The molecule has 0 amide bonds. The summed E-state index contributed by atoms with van der Waals surface area (Å²) in [6, 6.07) is 6.25. The van der Waals surface area contributed by atoms with Crippen LogP contribution in [0.1, 0.15) is 49.7 Å². The van der Waals surface area contributed by atoms with Crippen molar-refractivity contribution >= 4 is 29.7 Å². The van der Waals surface area contributed by atoms with Gasteiger partial charge in [0.05, 0.1) is 20.1 Å². The largest absolute Gasteiger partial charge is 0.481 e. The SMILES string of the molecule is [B]C[C@@H]1CC(O)[C@H](CC=CCCCC(=O)O)[C@H]1C=C[C@@H](O)CCc1ccc(Br)c(C)c1. The lowest BCUT2D eigenvalue weighted by molar-refractivity contribution is -0.137. The van der Waals surface area contributed by atoms with Crippen molar-refractivity contribution < 1.29 is 20.1 Å². The molecule has 1 saturated carbocycles. The molecule has 0 spiro atoms. The van der Waals surface area contributed by atoms with E-state index in [1.807, 2.05) is 30.4 Å². The first-order valence-corrected chi connectivity index (χ1v) is 12.0. The lowest BCUT2D eigenvalue weighted by atomic mass is 9.79. The fourth-order valence-electron chi connectivity index (χ4n) is 4.39. The maximum absolute atomic E-state index is 10.6. The number of unbranched alkanes of at least 4 members (excludes halogenated alkanes) is 1. The minimum Gasteiger partial charge on any atom is -0.481 e. The zero-order valence-corrected chi connectivity index (χ0v) is 19.9. The molecule has 0 aliphatic heterocycles. The maximum atomic E-state index is 10.6. The number of hydrogen-bond acceptors (Lipinski definition) is 3. The molecule has 2 radical (unpaired) electrons. The molecule has 31 heavy (non-hydrogen) atoms. The summed E-state index contributed by atoms with van der Waals surface area (Å²) < 4.78 is 1.09. The average molecular weight is 489 g/mol. The third-order valence-electron chi connectivity index (χ3n) is 6.22. The van der Waals surface area contributed by atoms with Gasteiger partial charge in [-0.25, -0.2) is 0 Å². The average Bonchev–Trinajstić information content (AvgIpc) is 3.04. The summed E-state index contributed by atoms with van der Waals surface area (Å²) >= 11 is 3.51. The predicted molar refractivity (Wildman–Crippen MR) is 129 cm³/mol. The Kier molecular flexibility index (Phi) is 11.1. The van der Waals surface area contributed by atoms with Gasteiger partial charge in [0.1, 0.15) is 0 Å². The van der Waals surface area contributed by atoms with Crippen molar-refractivity contribution in [3.8, 4) is 0 Å². The van der Waals surface area contributed by atoms with Gasteiger partial charge in [-0.1, -0.05) is 58.7 Å². The van der Waals surface area contributed by atoms with E-state index in [2.05, 4.69) is 35.0 Å². The second-order valence-electron chi connectivity index (χ2n) is 8.61. The van der Waals surface area contributed by atoms with Gasteiger partial charge in [-0.05, 0) is 80.4 Å². The smallest absolute Gasteiger partial charge is 0.303 e. The first-order valence-electron chi connectivity index (χ1n) is 11.2. The van der Waals surface area contributed by atoms with E-state index in [1.54, 1.807) is 0 Å². The van der Waals surface area contributed by atoms with E-state index in [1.165, 1.54) is 11.1 Å². The van der Waals surface area contributed by atoms with Gasteiger partial charge >= 0.3 is 5.97 Å². The highest BCUT2D eigenvalue weighted by atomic mass is 79.9. The Morgan fingerprint density at radius 1 is 1.35 bits per heavy atom. The Bertz CT molecular complexity index is 764. The molecular formula is C25H34BBrO4. The molecule has 1 aliphatic carbocycles. The number of aliphatic hydroxyl groups excluding tert-OH is 2. The van der Waals surface area contributed by atoms with Gasteiger partial charge in [-0.2, -0.15) is 0 Å². The van der Waals surface area contributed by atoms with Crippen LogP contribution in [0.2, 0.25) is 6.32 Å². The molecule has 0 bridgehead atoms. The molecule has 1 aromatic carbocycles. The third kappa shape index (κ3) is 8.59. The third-order valence-corrected chi connectivity index (χ3v) is 7.11. The Morgan fingerprint density at radius 2 is 2.13 bits per heavy atom. The molecular weight excluding hydrogens is 455 g/mol. The number of benzene rings is 1. The Balaban J connectivity index is 1.89. The molecule has 0 heterocycles. The number of carboxylic acids is 1. The lowest BCUT2D eigenvalue weighted by Crippen LogP contribution is -2.19. The monoisotopic (exact) mass is 488 g/mol. The quantitative estimate of drug-likeness (QED) is 0.219. The summed E-state index contributed by atoms with van der Waals surface area (Å²) in [7, 11) is 5.95. The maximum Gasteiger partial charge on any atom is 0.303 e. The number of aliphatic hydroxyl groups is 2. The van der Waals surface area contributed by atoms with Crippen LogP contribution in [-0.2, 0) is 11.2 Å². The van der Waals surface area contributed by atoms with Gasteiger partial charge in [0.2, 0.25) is 0 Å². The first-order chi connectivity index (χ1) is 14.8. The van der Waals surface area contributed by atoms with Crippen LogP contribution in [0, 0.1) is 24.7 Å². The molecule has 0 saturated heterocycles. The minimum absolute atomic E-state index is 0.0712. The van der Waals surface area contributed by atoms with Gasteiger partial charge < -0.3 is 15.3 Å². The fraction of sp³-hybridized carbons (Fsp3) is 0.560. The van der Waals surface area contributed by atoms with Crippen LogP contribution in [0.5, 0.6) is 0 Å². The van der Waals surface area contributed by atoms with E-state index in [9.17, 15) is 15.0 Å². The molecule has 2 rings (SSSR count). The van der Waals surface area contributed by atoms with Gasteiger partial charge in [0.15, 0.2) is 0 Å². The number of rotatable bonds is 12. The molecule has 4 nitrogen and oxygen atoms in total. The number of halogens is 1. The van der Waals surface area contributed by atoms with E-state index in [0.29, 0.717) is 25.6 Å². The molecule has 6 heteroatoms. The number of hydrogen-bond donors (Lipinski definition) is 3. The molecule has 5 atom stereocenters. The molecule has 1 unspecified atom stereocenters. The van der Waals surface area contributed by atoms with Crippen LogP contribution < -0.4 is 0 Å². The van der Waals surface area contributed by atoms with Crippen LogP contribution in [0.25, 0.3) is 0 Å². The van der Waals surface area contributed by atoms with Crippen molar-refractivity contribution in [2.75, 3.05) is 0 Å². The lowest BCUT2D eigenvalue weighted by Gasteiger charge is -2.21. The van der Waals surface area contributed by atoms with E-state index in [4.69, 9.17) is 13.0 Å². The number of aliphatic carboxylic acids is 1. The van der Waals surface area contributed by atoms with Crippen LogP contribution in [0.4, 0.5) is 0 Å². The highest BCUT2D eigenvalue weighted by Crippen LogP contribution is 2.42. The van der Waals surface area contributed by atoms with Crippen LogP contribution in [0.15, 0.2) is 47.0 Å². The molecule has 3 N–H and O–H groups in total. The number of carbonyl (C=O) groups is 1. The highest BCUT2D eigenvalue weighted by Gasteiger charge is 2.39. The highest BCUT2D eigenvalue weighted by molar-refractivity contribution is 9.10. The van der Waals surface area contributed by atoms with E-state index < -0.39 is 18.2 Å². The molecule has 0 aromatic heterocycles. The summed E-state index contributed by atoms with van der Waals surface area (Å²) in [5, 5.41) is 29.7. The van der Waals surface area contributed by atoms with Crippen molar-refractivity contribution in [3.05, 3.63) is 58.1 Å². The zero-order valence-electron chi connectivity index (χ0n) is 18.3. The van der Waals surface area contributed by atoms with E-state index in [0.717, 1.165) is 23.7 Å².